The molecule has 0 amide bonds. The molecular formula is C11H13ClN4O5. The van der Waals surface area contributed by atoms with Crippen molar-refractivity contribution in [2.75, 3.05) is 13.7 Å². The molecule has 9 nitrogen and oxygen atoms in total. The van der Waals surface area contributed by atoms with Crippen LogP contribution in [0.15, 0.2) is 6.33 Å². The Labute approximate surface area is 123 Å². The molecule has 0 aliphatic carbocycles. The molecule has 3 heterocycles. The molecule has 1 saturated heterocycles. The molecule has 1 aliphatic heterocycles. The number of aliphatic hydroxyl groups excluding tert-OH is 3. The van der Waals surface area contributed by atoms with E-state index < -0.39 is 31.1 Å². The summed E-state index contributed by atoms with van der Waals surface area (Å²) in [7, 11) is 1.41. The van der Waals surface area contributed by atoms with E-state index in [-0.39, 0.29) is 11.0 Å². The van der Waals surface area contributed by atoms with E-state index in [1.807, 2.05) is 0 Å². The van der Waals surface area contributed by atoms with Gasteiger partial charge in [0.25, 0.3) is 5.88 Å². The fraction of sp³-hybridized carbons (Fsp3) is 0.545. The molecule has 2 aromatic rings. The Kier molecular flexibility index (Phi) is 3.68. The van der Waals surface area contributed by atoms with Crippen molar-refractivity contribution in [1.82, 2.24) is 19.7 Å². The lowest BCUT2D eigenvalue weighted by atomic mass is 10.1. The zero-order valence-corrected chi connectivity index (χ0v) is 11.7. The molecule has 0 bridgehead atoms. The first kappa shape index (κ1) is 14.4. The maximum atomic E-state index is 10.1. The van der Waals surface area contributed by atoms with Gasteiger partial charge in [-0.2, -0.15) is 0 Å². The molecule has 1 fully saturated rings. The van der Waals surface area contributed by atoms with Crippen LogP contribution in [0.5, 0.6) is 5.88 Å². The Bertz CT molecular complexity index is 665. The summed E-state index contributed by atoms with van der Waals surface area (Å²) in [6.45, 7) is -0.418. The van der Waals surface area contributed by atoms with Gasteiger partial charge >= 0.3 is 0 Å². The highest BCUT2D eigenvalue weighted by Gasteiger charge is 2.44. The summed E-state index contributed by atoms with van der Waals surface area (Å²) in [4.78, 5) is 4.10. The van der Waals surface area contributed by atoms with Gasteiger partial charge in [0.15, 0.2) is 11.4 Å². The third-order valence-corrected chi connectivity index (χ3v) is 3.66. The van der Waals surface area contributed by atoms with E-state index in [9.17, 15) is 10.2 Å². The summed E-state index contributed by atoms with van der Waals surface area (Å²) in [6.07, 6.45) is -2.91. The molecular weight excluding hydrogens is 304 g/mol. The van der Waals surface area contributed by atoms with Crippen molar-refractivity contribution in [3.05, 3.63) is 11.5 Å². The number of halogens is 1. The van der Waals surface area contributed by atoms with E-state index in [0.29, 0.717) is 11.0 Å². The first-order chi connectivity index (χ1) is 10.1. The number of ether oxygens (including phenoxy) is 2. The third-order valence-electron chi connectivity index (χ3n) is 3.41. The van der Waals surface area contributed by atoms with E-state index in [2.05, 4.69) is 15.2 Å². The highest BCUT2D eigenvalue weighted by Crippen LogP contribution is 2.35. The van der Waals surface area contributed by atoms with Gasteiger partial charge in [0.1, 0.15) is 29.3 Å². The number of rotatable bonds is 3. The van der Waals surface area contributed by atoms with Crippen molar-refractivity contribution in [3.63, 3.8) is 0 Å². The zero-order chi connectivity index (χ0) is 15.1. The summed E-state index contributed by atoms with van der Waals surface area (Å²) < 4.78 is 12.0. The molecule has 3 N–H and O–H groups in total. The van der Waals surface area contributed by atoms with Crippen LogP contribution in [0, 0.1) is 0 Å². The summed E-state index contributed by atoms with van der Waals surface area (Å²) in [5, 5.41) is 36.6. The van der Waals surface area contributed by atoms with E-state index in [1.54, 1.807) is 0 Å². The van der Waals surface area contributed by atoms with Crippen molar-refractivity contribution in [1.29, 1.82) is 0 Å². The minimum Gasteiger partial charge on any atom is -0.478 e. The van der Waals surface area contributed by atoms with Gasteiger partial charge in [-0.05, 0) is 0 Å². The SMILES string of the molecule is COc1nnc(Cl)c2ncn([C@@H]3O[C@H](CO)[C@@H](O)[C@H]3O)c12. The van der Waals surface area contributed by atoms with Crippen LogP contribution in [-0.2, 0) is 4.74 Å². The van der Waals surface area contributed by atoms with Crippen LogP contribution in [0.25, 0.3) is 11.0 Å². The summed E-state index contributed by atoms with van der Waals surface area (Å²) in [6, 6.07) is 0. The molecule has 0 spiro atoms. The number of hydrogen-bond acceptors (Lipinski definition) is 8. The predicted molar refractivity (Wildman–Crippen MR) is 69.9 cm³/mol. The molecule has 2 aromatic heterocycles. The third kappa shape index (κ3) is 2.14. The molecule has 1 aliphatic rings. The quantitative estimate of drug-likeness (QED) is 0.666. The molecule has 114 valence electrons. The monoisotopic (exact) mass is 316 g/mol. The molecule has 4 atom stereocenters. The number of fused-ring (bicyclic) bond motifs is 1. The first-order valence-corrected chi connectivity index (χ1v) is 6.51. The summed E-state index contributed by atoms with van der Waals surface area (Å²) in [5.41, 5.74) is 0.716. The zero-order valence-electron chi connectivity index (χ0n) is 10.9. The fourth-order valence-corrected chi connectivity index (χ4v) is 2.52. The standard InChI is InChI=1S/C11H13ClN4O5/c1-20-10-6-5(9(12)14-15-10)13-3-16(6)11-8(19)7(18)4(2-17)21-11/h3-4,7-8,11,17-19H,2H2,1H3/t4-,7-,8-,11-/m1/s1. The first-order valence-electron chi connectivity index (χ1n) is 6.13. The van der Waals surface area contributed by atoms with Crippen molar-refractivity contribution in [3.8, 4) is 5.88 Å². The lowest BCUT2D eigenvalue weighted by molar-refractivity contribution is -0.0510. The van der Waals surface area contributed by atoms with E-state index in [4.69, 9.17) is 26.2 Å². The van der Waals surface area contributed by atoms with Crippen LogP contribution in [0.3, 0.4) is 0 Å². The minimum absolute atomic E-state index is 0.0799. The van der Waals surface area contributed by atoms with Gasteiger partial charge in [-0.15, -0.1) is 10.2 Å². The lowest BCUT2D eigenvalue weighted by Crippen LogP contribution is -2.33. The van der Waals surface area contributed by atoms with Crippen molar-refractivity contribution < 1.29 is 24.8 Å². The van der Waals surface area contributed by atoms with Gasteiger partial charge in [-0.3, -0.25) is 4.57 Å². The highest BCUT2D eigenvalue weighted by molar-refractivity contribution is 6.33. The van der Waals surface area contributed by atoms with Crippen LogP contribution in [0.2, 0.25) is 5.15 Å². The minimum atomic E-state index is -1.24. The highest BCUT2D eigenvalue weighted by atomic mass is 35.5. The number of imidazole rings is 1. The predicted octanol–water partition coefficient (Wildman–Crippen LogP) is -0.900. The number of hydrogen-bond donors (Lipinski definition) is 3. The van der Waals surface area contributed by atoms with Crippen LogP contribution >= 0.6 is 11.6 Å². The molecule has 0 aromatic carbocycles. The fourth-order valence-electron chi connectivity index (χ4n) is 2.35. The van der Waals surface area contributed by atoms with Gasteiger partial charge in [0.05, 0.1) is 20.0 Å². The molecule has 10 heteroatoms. The van der Waals surface area contributed by atoms with Crippen molar-refractivity contribution in [2.24, 2.45) is 0 Å². The average Bonchev–Trinajstić information content (AvgIpc) is 3.04. The summed E-state index contributed by atoms with van der Waals surface area (Å²) in [5.74, 6) is 0.157. The second kappa shape index (κ2) is 5.35. The normalized spacial score (nSPS) is 29.2. The van der Waals surface area contributed by atoms with E-state index in [1.165, 1.54) is 18.0 Å². The van der Waals surface area contributed by atoms with Gasteiger partial charge < -0.3 is 24.8 Å². The molecule has 21 heavy (non-hydrogen) atoms. The smallest absolute Gasteiger partial charge is 0.259 e. The van der Waals surface area contributed by atoms with Gasteiger partial charge in [-0.1, -0.05) is 11.6 Å². The maximum Gasteiger partial charge on any atom is 0.259 e. The Morgan fingerprint density at radius 1 is 1.38 bits per heavy atom. The largest absolute Gasteiger partial charge is 0.478 e. The van der Waals surface area contributed by atoms with Crippen molar-refractivity contribution >= 4 is 22.6 Å². The molecule has 3 rings (SSSR count). The number of aromatic nitrogens is 4. The maximum absolute atomic E-state index is 10.1. The van der Waals surface area contributed by atoms with Gasteiger partial charge in [0.2, 0.25) is 0 Å². The van der Waals surface area contributed by atoms with E-state index >= 15 is 0 Å². The Morgan fingerprint density at radius 3 is 2.76 bits per heavy atom. The lowest BCUT2D eigenvalue weighted by Gasteiger charge is -2.17. The van der Waals surface area contributed by atoms with Crippen LogP contribution in [0.1, 0.15) is 6.23 Å². The van der Waals surface area contributed by atoms with E-state index in [0.717, 1.165) is 0 Å². The second-order valence-electron chi connectivity index (χ2n) is 4.58. The van der Waals surface area contributed by atoms with Gasteiger partial charge in [0, 0.05) is 0 Å². The van der Waals surface area contributed by atoms with Crippen LogP contribution < -0.4 is 4.74 Å². The molecule has 0 unspecified atom stereocenters. The second-order valence-corrected chi connectivity index (χ2v) is 4.94. The molecule has 0 radical (unpaired) electrons. The summed E-state index contributed by atoms with van der Waals surface area (Å²) >= 11 is 5.93. The van der Waals surface area contributed by atoms with Crippen LogP contribution in [0.4, 0.5) is 0 Å². The Morgan fingerprint density at radius 2 is 2.14 bits per heavy atom. The number of nitrogens with zero attached hydrogens (tertiary/aromatic N) is 4. The number of methoxy groups -OCH3 is 1. The number of aliphatic hydroxyl groups is 3. The topological polar surface area (TPSA) is 123 Å². The molecule has 0 saturated carbocycles. The Hall–Kier alpha value is -1.52. The van der Waals surface area contributed by atoms with Crippen LogP contribution in [-0.4, -0.2) is 67.1 Å². The van der Waals surface area contributed by atoms with Gasteiger partial charge in [-0.25, -0.2) is 4.98 Å². The Balaban J connectivity index is 2.11. The van der Waals surface area contributed by atoms with Crippen molar-refractivity contribution in [2.45, 2.75) is 24.5 Å². The average molecular weight is 317 g/mol.